The van der Waals surface area contributed by atoms with E-state index in [9.17, 15) is 4.79 Å². The first-order chi connectivity index (χ1) is 11.5. The molecule has 2 heterocycles. The summed E-state index contributed by atoms with van der Waals surface area (Å²) in [4.78, 5) is 20.8. The van der Waals surface area contributed by atoms with E-state index in [4.69, 9.17) is 4.74 Å². The van der Waals surface area contributed by atoms with Gasteiger partial charge in [-0.15, -0.1) is 0 Å². The first kappa shape index (κ1) is 16.4. The van der Waals surface area contributed by atoms with Crippen LogP contribution < -0.4 is 10.1 Å². The Morgan fingerprint density at radius 3 is 2.88 bits per heavy atom. The van der Waals surface area contributed by atoms with Crippen molar-refractivity contribution >= 4 is 11.7 Å². The Morgan fingerprint density at radius 2 is 2.21 bits per heavy atom. The number of anilines is 1. The molecule has 3 rings (SSSR count). The number of ether oxygens (including phenoxy) is 1. The fraction of sp³-hybridized carbons (Fsp3) is 0.529. The maximum Gasteiger partial charge on any atom is 0.275 e. The van der Waals surface area contributed by atoms with Crippen LogP contribution in [0.2, 0.25) is 0 Å². The van der Waals surface area contributed by atoms with Gasteiger partial charge in [0.25, 0.3) is 5.91 Å². The van der Waals surface area contributed by atoms with E-state index in [1.54, 1.807) is 11.7 Å². The average molecular weight is 329 g/mol. The van der Waals surface area contributed by atoms with Crippen LogP contribution in [-0.4, -0.2) is 32.3 Å². The molecular weight excluding hydrogens is 306 g/mol. The average Bonchev–Trinajstić information content (AvgIpc) is 2.85. The number of rotatable bonds is 6. The summed E-state index contributed by atoms with van der Waals surface area (Å²) in [5.74, 6) is 1.41. The smallest absolute Gasteiger partial charge is 0.275 e. The lowest BCUT2D eigenvalue weighted by Crippen LogP contribution is -2.17. The lowest BCUT2D eigenvalue weighted by Gasteiger charge is -2.22. The third-order valence-corrected chi connectivity index (χ3v) is 4.07. The number of carbonyl (C=O) groups excluding carboxylic acids is 1. The van der Waals surface area contributed by atoms with Gasteiger partial charge < -0.3 is 10.1 Å². The highest BCUT2D eigenvalue weighted by molar-refractivity contribution is 6.02. The van der Waals surface area contributed by atoms with Crippen molar-refractivity contribution in [2.45, 2.75) is 39.0 Å². The fourth-order valence-electron chi connectivity index (χ4n) is 2.52. The van der Waals surface area contributed by atoms with E-state index >= 15 is 0 Å². The Kier molecular flexibility index (Phi) is 4.78. The molecule has 2 aromatic rings. The Labute approximate surface area is 141 Å². The number of nitrogens with one attached hydrogen (secondary N) is 1. The Balaban J connectivity index is 1.68. The van der Waals surface area contributed by atoms with Gasteiger partial charge in [0, 0.05) is 13.0 Å². The molecule has 0 atom stereocenters. The highest BCUT2D eigenvalue weighted by Gasteiger charge is 2.24. The second kappa shape index (κ2) is 6.98. The van der Waals surface area contributed by atoms with Gasteiger partial charge in [0.15, 0.2) is 5.82 Å². The summed E-state index contributed by atoms with van der Waals surface area (Å²) in [5.41, 5.74) is 1.52. The molecule has 0 aromatic carbocycles. The molecule has 1 saturated carbocycles. The van der Waals surface area contributed by atoms with Crippen LogP contribution in [0.15, 0.2) is 18.5 Å². The van der Waals surface area contributed by atoms with Crippen molar-refractivity contribution in [1.29, 1.82) is 0 Å². The third-order valence-electron chi connectivity index (χ3n) is 4.07. The third kappa shape index (κ3) is 3.72. The molecule has 0 radical (unpaired) electrons. The first-order valence-electron chi connectivity index (χ1n) is 8.33. The summed E-state index contributed by atoms with van der Waals surface area (Å²) in [6.07, 6.45) is 6.58. The van der Waals surface area contributed by atoms with Crippen molar-refractivity contribution in [3.8, 4) is 5.88 Å². The number of nitrogens with zero attached hydrogens (tertiary/aromatic N) is 4. The Morgan fingerprint density at radius 1 is 1.42 bits per heavy atom. The summed E-state index contributed by atoms with van der Waals surface area (Å²) in [6.45, 7) is 4.67. The lowest BCUT2D eigenvalue weighted by atomic mass is 9.83. The Hall–Kier alpha value is -2.44. The number of hydrogen-bond acceptors (Lipinski definition) is 5. The summed E-state index contributed by atoms with van der Waals surface area (Å²) in [7, 11) is 1.78. The summed E-state index contributed by atoms with van der Waals surface area (Å²) in [6, 6.07) is 1.87. The van der Waals surface area contributed by atoms with Gasteiger partial charge in [-0.25, -0.2) is 0 Å². The zero-order chi connectivity index (χ0) is 17.1. The van der Waals surface area contributed by atoms with Crippen LogP contribution in [0.4, 0.5) is 5.82 Å². The molecule has 24 heavy (non-hydrogen) atoms. The highest BCUT2D eigenvalue weighted by Crippen LogP contribution is 2.35. The number of aryl methyl sites for hydroxylation is 1. The van der Waals surface area contributed by atoms with Crippen LogP contribution in [0.25, 0.3) is 0 Å². The number of amides is 1. The van der Waals surface area contributed by atoms with E-state index in [1.807, 2.05) is 6.07 Å². The molecule has 1 aliphatic rings. The molecule has 1 amide bonds. The quantitative estimate of drug-likeness (QED) is 0.881. The molecule has 0 bridgehead atoms. The molecule has 7 heteroatoms. The molecule has 2 aromatic heterocycles. The predicted octanol–water partition coefficient (Wildman–Crippen LogP) is 2.76. The largest absolute Gasteiger partial charge is 0.476 e. The predicted molar refractivity (Wildman–Crippen MR) is 90.1 cm³/mol. The minimum Gasteiger partial charge on any atom is -0.476 e. The van der Waals surface area contributed by atoms with Crippen molar-refractivity contribution in [3.63, 3.8) is 0 Å². The van der Waals surface area contributed by atoms with E-state index < -0.39 is 0 Å². The van der Waals surface area contributed by atoms with E-state index in [0.29, 0.717) is 35.8 Å². The van der Waals surface area contributed by atoms with Crippen molar-refractivity contribution in [1.82, 2.24) is 19.7 Å². The van der Waals surface area contributed by atoms with E-state index in [-0.39, 0.29) is 5.91 Å². The van der Waals surface area contributed by atoms with Crippen LogP contribution in [0.1, 0.15) is 55.2 Å². The van der Waals surface area contributed by atoms with E-state index in [1.165, 1.54) is 18.8 Å². The second-order valence-electron chi connectivity index (χ2n) is 6.61. The van der Waals surface area contributed by atoms with Crippen molar-refractivity contribution < 1.29 is 9.53 Å². The van der Waals surface area contributed by atoms with Gasteiger partial charge >= 0.3 is 0 Å². The molecule has 1 fully saturated rings. The highest BCUT2D eigenvalue weighted by atomic mass is 16.5. The first-order valence-corrected chi connectivity index (χ1v) is 8.33. The molecular formula is C17H23N5O2. The maximum atomic E-state index is 12.5. The van der Waals surface area contributed by atoms with Gasteiger partial charge in [0.2, 0.25) is 5.88 Å². The monoisotopic (exact) mass is 329 g/mol. The van der Waals surface area contributed by atoms with E-state index in [2.05, 4.69) is 34.2 Å². The van der Waals surface area contributed by atoms with Gasteiger partial charge in [0.1, 0.15) is 5.69 Å². The van der Waals surface area contributed by atoms with Crippen LogP contribution in [0.5, 0.6) is 5.88 Å². The Bertz CT molecular complexity index is 722. The van der Waals surface area contributed by atoms with Crippen molar-refractivity contribution in [3.05, 3.63) is 29.8 Å². The topological polar surface area (TPSA) is 81.9 Å². The molecule has 0 aliphatic heterocycles. The SMILES string of the molecule is CC(C)COc1cncc(NC(=O)c2cc(C3CCC3)nn2C)n1. The minimum absolute atomic E-state index is 0.245. The summed E-state index contributed by atoms with van der Waals surface area (Å²) < 4.78 is 7.15. The maximum absolute atomic E-state index is 12.5. The normalized spacial score (nSPS) is 14.5. The van der Waals surface area contributed by atoms with E-state index in [0.717, 1.165) is 18.5 Å². The number of hydrogen-bond donors (Lipinski definition) is 1. The van der Waals surface area contributed by atoms with Crippen molar-refractivity contribution in [2.75, 3.05) is 11.9 Å². The number of carbonyl (C=O) groups is 1. The minimum atomic E-state index is -0.245. The molecule has 0 spiro atoms. The summed E-state index contributed by atoms with van der Waals surface area (Å²) in [5, 5.41) is 7.22. The lowest BCUT2D eigenvalue weighted by molar-refractivity contribution is 0.101. The molecule has 0 saturated heterocycles. The van der Waals surface area contributed by atoms with Gasteiger partial charge in [-0.3, -0.25) is 14.5 Å². The molecule has 1 aliphatic carbocycles. The zero-order valence-corrected chi connectivity index (χ0v) is 14.3. The number of aromatic nitrogens is 4. The van der Waals surface area contributed by atoms with Gasteiger partial charge in [-0.2, -0.15) is 10.1 Å². The molecule has 1 N–H and O–H groups in total. The van der Waals surface area contributed by atoms with Crippen LogP contribution in [-0.2, 0) is 7.05 Å². The second-order valence-corrected chi connectivity index (χ2v) is 6.61. The van der Waals surface area contributed by atoms with Crippen molar-refractivity contribution in [2.24, 2.45) is 13.0 Å². The zero-order valence-electron chi connectivity index (χ0n) is 14.3. The van der Waals surface area contributed by atoms with Crippen LogP contribution in [0.3, 0.4) is 0 Å². The van der Waals surface area contributed by atoms with Crippen LogP contribution >= 0.6 is 0 Å². The summed E-state index contributed by atoms with van der Waals surface area (Å²) >= 11 is 0. The van der Waals surface area contributed by atoms with Gasteiger partial charge in [0.05, 0.1) is 24.7 Å². The fourth-order valence-corrected chi connectivity index (χ4v) is 2.52. The molecule has 128 valence electrons. The molecule has 0 unspecified atom stereocenters. The van der Waals surface area contributed by atoms with Gasteiger partial charge in [-0.1, -0.05) is 20.3 Å². The van der Waals surface area contributed by atoms with Crippen LogP contribution in [0, 0.1) is 5.92 Å². The molecule has 7 nitrogen and oxygen atoms in total. The standard InChI is InChI=1S/C17H23N5O2/c1-11(2)10-24-16-9-18-8-15(19-16)20-17(23)14-7-13(21-22(14)3)12-5-4-6-12/h7-9,11-12H,4-6,10H2,1-3H3,(H,19,20,23). The van der Waals surface area contributed by atoms with Gasteiger partial charge in [-0.05, 0) is 24.8 Å².